The lowest BCUT2D eigenvalue weighted by Crippen LogP contribution is -2.08. The summed E-state index contributed by atoms with van der Waals surface area (Å²) in [6.45, 7) is 7.40. The third-order valence-electron chi connectivity index (χ3n) is 3.03. The van der Waals surface area contributed by atoms with Crippen molar-refractivity contribution < 1.29 is 4.79 Å². The molecule has 124 valence electrons. The molecule has 0 aliphatic heterocycles. The highest BCUT2D eigenvalue weighted by Gasteiger charge is 2.04. The number of rotatable bonds is 3. The number of thiol groups is 1. The number of hydrogen-bond acceptors (Lipinski definition) is 4. The quantitative estimate of drug-likeness (QED) is 0.592. The van der Waals surface area contributed by atoms with Crippen LogP contribution < -0.4 is 11.5 Å². The molecule has 0 radical (unpaired) electrons. The lowest BCUT2D eigenvalue weighted by atomic mass is 10.1. The second kappa shape index (κ2) is 12.4. The Hall–Kier alpha value is -2.20. The molecule has 23 heavy (non-hydrogen) atoms. The molecule has 0 fully saturated rings. The van der Waals surface area contributed by atoms with Gasteiger partial charge < -0.3 is 11.5 Å². The maximum atomic E-state index is 10.6. The molecule has 2 rings (SSSR count). The van der Waals surface area contributed by atoms with Crippen LogP contribution in [0.1, 0.15) is 12.5 Å². The summed E-state index contributed by atoms with van der Waals surface area (Å²) in [6.07, 6.45) is 4.18. The number of carbonyl (C=O) groups is 1. The fourth-order valence-electron chi connectivity index (χ4n) is 1.58. The summed E-state index contributed by atoms with van der Waals surface area (Å²) >= 11 is 3.81. The van der Waals surface area contributed by atoms with Gasteiger partial charge in [-0.15, -0.1) is 6.58 Å². The molecule has 3 nitrogen and oxygen atoms in total. The number of benzene rings is 2. The van der Waals surface area contributed by atoms with Crippen molar-refractivity contribution in [3.63, 3.8) is 0 Å². The van der Waals surface area contributed by atoms with E-state index in [-0.39, 0.29) is 11.7 Å². The molecule has 2 aromatic carbocycles. The zero-order valence-electron chi connectivity index (χ0n) is 13.8. The van der Waals surface area contributed by atoms with Crippen LogP contribution in [0, 0.1) is 12.8 Å². The maximum Gasteiger partial charge on any atom is 0.148 e. The highest BCUT2D eigenvalue weighted by Crippen LogP contribution is 2.14. The van der Waals surface area contributed by atoms with Gasteiger partial charge in [0.2, 0.25) is 0 Å². The second-order valence-electron chi connectivity index (χ2n) is 4.88. The van der Waals surface area contributed by atoms with E-state index in [0.29, 0.717) is 5.75 Å². The molecule has 0 aromatic heterocycles. The van der Waals surface area contributed by atoms with Crippen molar-refractivity contribution in [3.8, 4) is 0 Å². The molecule has 0 spiro atoms. The van der Waals surface area contributed by atoms with Crippen LogP contribution in [0.5, 0.6) is 0 Å². The Morgan fingerprint density at radius 1 is 1.17 bits per heavy atom. The number of fused-ring (bicyclic) bond motifs is 1. The van der Waals surface area contributed by atoms with Gasteiger partial charge in [0.05, 0.1) is 0 Å². The van der Waals surface area contributed by atoms with Gasteiger partial charge >= 0.3 is 0 Å². The first kappa shape index (κ1) is 20.8. The predicted molar refractivity (Wildman–Crippen MR) is 104 cm³/mol. The highest BCUT2D eigenvalue weighted by molar-refractivity contribution is 7.81. The van der Waals surface area contributed by atoms with E-state index >= 15 is 0 Å². The molecule has 0 aliphatic carbocycles. The van der Waals surface area contributed by atoms with E-state index in [9.17, 15) is 4.79 Å². The molecule has 0 saturated heterocycles. The van der Waals surface area contributed by atoms with E-state index in [4.69, 9.17) is 11.5 Å². The van der Waals surface area contributed by atoms with Crippen LogP contribution in [0.3, 0.4) is 0 Å². The Balaban J connectivity index is 0.000000357. The Morgan fingerprint density at radius 3 is 2.17 bits per heavy atom. The van der Waals surface area contributed by atoms with Gasteiger partial charge in [-0.3, -0.25) is 4.79 Å². The third kappa shape index (κ3) is 8.73. The normalized spacial score (nSPS) is 10.9. The monoisotopic (exact) mass is 330 g/mol. The molecule has 4 heteroatoms. The topological polar surface area (TPSA) is 69.1 Å². The molecule has 0 bridgehead atoms. The van der Waals surface area contributed by atoms with E-state index in [1.807, 2.05) is 6.92 Å². The van der Waals surface area contributed by atoms with Gasteiger partial charge in [0.25, 0.3) is 0 Å². The number of nitrogens with two attached hydrogens (primary N) is 2. The number of ketones is 1. The molecule has 0 amide bonds. The Morgan fingerprint density at radius 2 is 1.74 bits per heavy atom. The third-order valence-corrected chi connectivity index (χ3v) is 3.35. The van der Waals surface area contributed by atoms with Crippen molar-refractivity contribution in [2.45, 2.75) is 13.8 Å². The van der Waals surface area contributed by atoms with Gasteiger partial charge in [0.1, 0.15) is 5.78 Å². The van der Waals surface area contributed by atoms with Crippen LogP contribution in [0.4, 0.5) is 0 Å². The average molecular weight is 330 g/mol. The van der Waals surface area contributed by atoms with Crippen molar-refractivity contribution in [2.24, 2.45) is 17.4 Å². The van der Waals surface area contributed by atoms with Gasteiger partial charge in [0.15, 0.2) is 0 Å². The lowest BCUT2D eigenvalue weighted by Gasteiger charge is -1.97. The Kier molecular flexibility index (Phi) is 11.2. The van der Waals surface area contributed by atoms with Crippen molar-refractivity contribution >= 4 is 29.2 Å². The predicted octanol–water partition coefficient (Wildman–Crippen LogP) is 3.83. The van der Waals surface area contributed by atoms with E-state index < -0.39 is 0 Å². The van der Waals surface area contributed by atoms with Crippen molar-refractivity contribution in [1.29, 1.82) is 0 Å². The largest absolute Gasteiger partial charge is 0.403 e. The zero-order valence-corrected chi connectivity index (χ0v) is 14.7. The summed E-state index contributed by atoms with van der Waals surface area (Å²) in [5, 5.41) is 2.64. The smallest absolute Gasteiger partial charge is 0.148 e. The average Bonchev–Trinajstić information content (AvgIpc) is 2.60. The lowest BCUT2D eigenvalue weighted by molar-refractivity contribution is -0.118. The summed E-state index contributed by atoms with van der Waals surface area (Å²) in [5.41, 5.74) is 10.8. The number of carbonyl (C=O) groups excluding carboxylic acids is 1. The summed E-state index contributed by atoms with van der Waals surface area (Å²) in [7, 11) is 0. The Labute approximate surface area is 144 Å². The van der Waals surface area contributed by atoms with Crippen molar-refractivity contribution in [3.05, 3.63) is 73.1 Å². The number of hydrogen-bond donors (Lipinski definition) is 3. The first-order valence-corrected chi connectivity index (χ1v) is 7.93. The zero-order chi connectivity index (χ0) is 17.7. The van der Waals surface area contributed by atoms with Gasteiger partial charge in [-0.1, -0.05) is 61.0 Å². The Bertz CT molecular complexity index is 634. The summed E-state index contributed by atoms with van der Waals surface area (Å²) in [5.74, 6) is 0.406. The molecule has 2 aromatic rings. The van der Waals surface area contributed by atoms with Crippen LogP contribution >= 0.6 is 12.6 Å². The van der Waals surface area contributed by atoms with Crippen molar-refractivity contribution in [1.82, 2.24) is 0 Å². The fourth-order valence-corrected chi connectivity index (χ4v) is 1.87. The van der Waals surface area contributed by atoms with Crippen LogP contribution in [0.25, 0.3) is 10.8 Å². The second-order valence-corrected chi connectivity index (χ2v) is 5.20. The SMILES string of the molecule is C=CC(C)C(=O)CS.Cc1ccc2ccccc2c1.N/C=C\N. The highest BCUT2D eigenvalue weighted by atomic mass is 32.1. The summed E-state index contributed by atoms with van der Waals surface area (Å²) < 4.78 is 0. The summed E-state index contributed by atoms with van der Waals surface area (Å²) in [6, 6.07) is 14.9. The number of allylic oxidation sites excluding steroid dienone is 1. The summed E-state index contributed by atoms with van der Waals surface area (Å²) in [4.78, 5) is 10.6. The van der Waals surface area contributed by atoms with Gasteiger partial charge in [0, 0.05) is 24.1 Å². The van der Waals surface area contributed by atoms with E-state index in [0.717, 1.165) is 0 Å². The first-order chi connectivity index (χ1) is 11.0. The number of aryl methyl sites for hydroxylation is 1. The molecule has 0 aliphatic rings. The number of Topliss-reactive ketones (excluding diaryl/α,β-unsaturated/α-hetero) is 1. The first-order valence-electron chi connectivity index (χ1n) is 7.30. The molecular weight excluding hydrogens is 304 g/mol. The minimum Gasteiger partial charge on any atom is -0.403 e. The standard InChI is InChI=1S/C11H10.C6H10OS.C2H6N2/c1-9-6-7-10-4-2-3-5-11(10)8-9;1-3-5(2)6(7)4-8;3-1-2-4/h2-8H,1H3;3,5,8H,1,4H2,2H3;1-2H,3-4H2/b;;2-1-. The van der Waals surface area contributed by atoms with Crippen LogP contribution in [0.2, 0.25) is 0 Å². The molecule has 1 atom stereocenters. The van der Waals surface area contributed by atoms with E-state index in [1.165, 1.54) is 28.7 Å². The minimum absolute atomic E-state index is 0.0347. The van der Waals surface area contributed by atoms with E-state index in [2.05, 4.69) is 68.6 Å². The van der Waals surface area contributed by atoms with E-state index in [1.54, 1.807) is 6.08 Å². The minimum atomic E-state index is -0.0347. The van der Waals surface area contributed by atoms with Crippen LogP contribution in [0.15, 0.2) is 67.5 Å². The molecule has 0 saturated carbocycles. The van der Waals surface area contributed by atoms with Crippen molar-refractivity contribution in [2.75, 3.05) is 5.75 Å². The van der Waals surface area contributed by atoms with Gasteiger partial charge in [-0.2, -0.15) is 12.6 Å². The maximum absolute atomic E-state index is 10.6. The fraction of sp³-hybridized carbons (Fsp3) is 0.211. The molecule has 4 N–H and O–H groups in total. The molecule has 1 unspecified atom stereocenters. The van der Waals surface area contributed by atoms with Crippen LogP contribution in [-0.4, -0.2) is 11.5 Å². The van der Waals surface area contributed by atoms with Gasteiger partial charge in [-0.25, -0.2) is 0 Å². The molecule has 0 heterocycles. The van der Waals surface area contributed by atoms with Crippen LogP contribution in [-0.2, 0) is 4.79 Å². The molecular formula is C19H26N2OS. The van der Waals surface area contributed by atoms with Gasteiger partial charge in [-0.05, 0) is 17.7 Å².